The number of unbranched alkanes of at least 4 members (excludes halogenated alkanes) is 1. The van der Waals surface area contributed by atoms with Crippen molar-refractivity contribution >= 4 is 43.6 Å². The van der Waals surface area contributed by atoms with Crippen molar-refractivity contribution in [3.05, 3.63) is 52.1 Å². The molecule has 2 aromatic carbocycles. The molecule has 0 aromatic heterocycles. The molecule has 2 fully saturated rings. The lowest BCUT2D eigenvalue weighted by Gasteiger charge is -2.37. The fourth-order valence-electron chi connectivity index (χ4n) is 5.77. The van der Waals surface area contributed by atoms with E-state index in [0.29, 0.717) is 31.7 Å². The molecular weight excluding hydrogens is 591 g/mol. The Kier molecular flexibility index (Phi) is 10.2. The zero-order chi connectivity index (χ0) is 29.9. The maximum Gasteiger partial charge on any atom is 0.311 e. The van der Waals surface area contributed by atoms with Gasteiger partial charge in [-0.2, -0.15) is 0 Å². The third-order valence-electron chi connectivity index (χ3n) is 8.55. The van der Waals surface area contributed by atoms with E-state index in [0.717, 1.165) is 70.2 Å². The first-order chi connectivity index (χ1) is 20.1. The highest BCUT2D eigenvalue weighted by Crippen LogP contribution is 2.44. The summed E-state index contributed by atoms with van der Waals surface area (Å²) in [6.07, 6.45) is 7.01. The smallest absolute Gasteiger partial charge is 0.311 e. The van der Waals surface area contributed by atoms with Crippen LogP contribution in [-0.2, 0) is 28.4 Å². The fraction of sp³-hybridized carbons (Fsp3) is 0.562. The number of hydrogen-bond donors (Lipinski definition) is 1. The van der Waals surface area contributed by atoms with Crippen molar-refractivity contribution in [3.63, 3.8) is 0 Å². The third kappa shape index (κ3) is 7.30. The Bertz CT molecular complexity index is 1340. The molecule has 0 saturated carbocycles. The van der Waals surface area contributed by atoms with Crippen molar-refractivity contribution in [1.29, 1.82) is 0 Å². The van der Waals surface area contributed by atoms with E-state index in [-0.39, 0.29) is 16.5 Å². The molecule has 0 spiro atoms. The first-order valence-electron chi connectivity index (χ1n) is 14.8. The molecule has 3 heterocycles. The summed E-state index contributed by atoms with van der Waals surface area (Å²) in [5, 5.41) is 2.83. The van der Waals surface area contributed by atoms with Gasteiger partial charge in [0.05, 0.1) is 5.25 Å². The fourth-order valence-corrected chi connectivity index (χ4v) is 9.91. The molecule has 2 saturated heterocycles. The SMILES string of the molecule is Cc1c(C)c2c(c(C)c1OC(=O)CCCCC1CCSS1)CCC(C)(COc1ccc(CC3CNC(=O)S3=O)cc1)O2. The molecule has 42 heavy (non-hydrogen) atoms. The Morgan fingerprint density at radius 1 is 1.14 bits per heavy atom. The summed E-state index contributed by atoms with van der Waals surface area (Å²) in [5.41, 5.74) is 4.56. The normalized spacial score (nSPS) is 25.0. The number of carbonyl (C=O) groups excluding carboxylic acids is 2. The lowest BCUT2D eigenvalue weighted by atomic mass is 9.87. The molecule has 228 valence electrons. The van der Waals surface area contributed by atoms with Crippen LogP contribution in [0.5, 0.6) is 17.2 Å². The zero-order valence-corrected chi connectivity index (χ0v) is 27.4. The van der Waals surface area contributed by atoms with Crippen LogP contribution >= 0.6 is 21.6 Å². The number of esters is 1. The average Bonchev–Trinajstić information content (AvgIpc) is 3.62. The van der Waals surface area contributed by atoms with Crippen LogP contribution in [0.1, 0.15) is 73.3 Å². The summed E-state index contributed by atoms with van der Waals surface area (Å²) >= 11 is 0. The minimum absolute atomic E-state index is 0.156. The Hall–Kier alpha value is -2.17. The molecule has 1 amide bonds. The van der Waals surface area contributed by atoms with Crippen molar-refractivity contribution < 1.29 is 28.0 Å². The van der Waals surface area contributed by atoms with Gasteiger partial charge in [-0.25, -0.2) is 4.21 Å². The first-order valence-corrected chi connectivity index (χ1v) is 18.4. The molecule has 0 radical (unpaired) electrons. The molecule has 4 unspecified atom stereocenters. The van der Waals surface area contributed by atoms with E-state index in [4.69, 9.17) is 14.2 Å². The second-order valence-electron chi connectivity index (χ2n) is 11.8. The van der Waals surface area contributed by atoms with Crippen LogP contribution < -0.4 is 19.5 Å². The molecule has 3 aliphatic rings. The number of hydrogen-bond acceptors (Lipinski definition) is 8. The quantitative estimate of drug-likeness (QED) is 0.126. The Labute approximate surface area is 259 Å². The van der Waals surface area contributed by atoms with Gasteiger partial charge in [-0.1, -0.05) is 40.1 Å². The third-order valence-corrected chi connectivity index (χ3v) is 13.0. The van der Waals surface area contributed by atoms with Gasteiger partial charge in [0.2, 0.25) is 0 Å². The van der Waals surface area contributed by atoms with E-state index in [9.17, 15) is 13.8 Å². The molecule has 7 nitrogen and oxygen atoms in total. The van der Waals surface area contributed by atoms with E-state index in [2.05, 4.69) is 12.2 Å². The van der Waals surface area contributed by atoms with E-state index >= 15 is 0 Å². The zero-order valence-electron chi connectivity index (χ0n) is 24.9. The van der Waals surface area contributed by atoms with Crippen molar-refractivity contribution in [2.45, 2.75) is 95.2 Å². The van der Waals surface area contributed by atoms with Crippen molar-refractivity contribution in [3.8, 4) is 17.2 Å². The van der Waals surface area contributed by atoms with E-state index in [1.807, 2.05) is 66.6 Å². The molecule has 0 bridgehead atoms. The van der Waals surface area contributed by atoms with Gasteiger partial charge in [0.1, 0.15) is 40.3 Å². The van der Waals surface area contributed by atoms with Gasteiger partial charge in [0.15, 0.2) is 0 Å². The second kappa shape index (κ2) is 13.6. The molecule has 4 atom stereocenters. The minimum atomic E-state index is -1.48. The molecule has 10 heteroatoms. The molecular formula is C32H41NO6S3. The lowest BCUT2D eigenvalue weighted by molar-refractivity contribution is -0.134. The molecule has 0 aliphatic carbocycles. The molecule has 5 rings (SSSR count). The molecule has 1 N–H and O–H groups in total. The van der Waals surface area contributed by atoms with Gasteiger partial charge in [-0.15, -0.1) is 0 Å². The highest BCUT2D eigenvalue weighted by Gasteiger charge is 2.36. The number of carbonyl (C=O) groups is 2. The van der Waals surface area contributed by atoms with Crippen molar-refractivity contribution in [2.24, 2.45) is 0 Å². The number of nitrogens with one attached hydrogen (secondary N) is 1. The van der Waals surface area contributed by atoms with Crippen LogP contribution in [0.25, 0.3) is 0 Å². The summed E-state index contributed by atoms with van der Waals surface area (Å²) < 4.78 is 30.8. The van der Waals surface area contributed by atoms with Gasteiger partial charge in [-0.05, 0) is 101 Å². The van der Waals surface area contributed by atoms with Crippen molar-refractivity contribution in [1.82, 2.24) is 5.32 Å². The van der Waals surface area contributed by atoms with Gasteiger partial charge in [0.25, 0.3) is 0 Å². The predicted molar refractivity (Wildman–Crippen MR) is 172 cm³/mol. The Morgan fingerprint density at radius 2 is 1.93 bits per heavy atom. The van der Waals surface area contributed by atoms with Crippen molar-refractivity contribution in [2.75, 3.05) is 18.9 Å². The van der Waals surface area contributed by atoms with Gasteiger partial charge >= 0.3 is 11.2 Å². The van der Waals surface area contributed by atoms with Crippen LogP contribution in [0.2, 0.25) is 0 Å². The summed E-state index contributed by atoms with van der Waals surface area (Å²) in [6, 6.07) is 7.75. The molecule has 3 aliphatic heterocycles. The number of amides is 1. The minimum Gasteiger partial charge on any atom is -0.489 e. The summed E-state index contributed by atoms with van der Waals surface area (Å²) in [7, 11) is 2.47. The standard InChI is InChI=1S/C32H41NO6S3/c1-20-21(2)30-27(22(3)29(20)38-28(34)8-6-5-7-25-14-16-40-41-25)13-15-32(4,39-30)19-37-24-11-9-23(10-12-24)17-26-18-33-31(35)42(26)36/h9-12,25-26H,5-8,13-19H2,1-4H3,(H,33,35). The largest absolute Gasteiger partial charge is 0.489 e. The molecule has 2 aromatic rings. The maximum absolute atomic E-state index is 12.7. The van der Waals surface area contributed by atoms with Crippen LogP contribution in [0, 0.1) is 20.8 Å². The highest BCUT2D eigenvalue weighted by molar-refractivity contribution is 8.77. The summed E-state index contributed by atoms with van der Waals surface area (Å²) in [6.45, 7) is 8.98. The van der Waals surface area contributed by atoms with Crippen LogP contribution in [0.4, 0.5) is 4.79 Å². The second-order valence-corrected chi connectivity index (χ2v) is 16.3. The number of ether oxygens (including phenoxy) is 3. The Morgan fingerprint density at radius 3 is 2.62 bits per heavy atom. The topological polar surface area (TPSA) is 90.9 Å². The first kappa shape index (κ1) is 31.3. The van der Waals surface area contributed by atoms with E-state index in [1.165, 1.54) is 18.6 Å². The van der Waals surface area contributed by atoms with Crippen LogP contribution in [-0.4, -0.2) is 50.4 Å². The van der Waals surface area contributed by atoms with E-state index < -0.39 is 16.4 Å². The monoisotopic (exact) mass is 631 g/mol. The number of rotatable bonds is 11. The Balaban J connectivity index is 1.16. The summed E-state index contributed by atoms with van der Waals surface area (Å²) in [5.74, 6) is 3.38. The maximum atomic E-state index is 12.7. The van der Waals surface area contributed by atoms with Crippen LogP contribution in [0.3, 0.4) is 0 Å². The number of fused-ring (bicyclic) bond motifs is 1. The van der Waals surface area contributed by atoms with Gasteiger partial charge in [0, 0.05) is 29.5 Å². The van der Waals surface area contributed by atoms with E-state index in [1.54, 1.807) is 0 Å². The average molecular weight is 632 g/mol. The number of benzene rings is 2. The highest BCUT2D eigenvalue weighted by atomic mass is 33.1. The van der Waals surface area contributed by atoms with Gasteiger partial charge < -0.3 is 19.5 Å². The van der Waals surface area contributed by atoms with Crippen LogP contribution in [0.15, 0.2) is 24.3 Å². The predicted octanol–water partition coefficient (Wildman–Crippen LogP) is 6.78. The summed E-state index contributed by atoms with van der Waals surface area (Å²) in [4.78, 5) is 24.2. The lowest BCUT2D eigenvalue weighted by Crippen LogP contribution is -2.42. The van der Waals surface area contributed by atoms with Gasteiger partial charge in [-0.3, -0.25) is 9.59 Å².